The van der Waals surface area contributed by atoms with Crippen molar-refractivity contribution >= 4 is 21.4 Å². The highest BCUT2D eigenvalue weighted by molar-refractivity contribution is 7.93. The minimum atomic E-state index is -4.20. The highest BCUT2D eigenvalue weighted by Crippen LogP contribution is 2.31. The van der Waals surface area contributed by atoms with E-state index in [0.717, 1.165) is 4.31 Å². The molecule has 0 saturated heterocycles. The molecule has 0 atom stereocenters. The van der Waals surface area contributed by atoms with Crippen molar-refractivity contribution in [3.05, 3.63) is 100 Å². The number of nitro groups is 1. The molecule has 0 aliphatic heterocycles. The van der Waals surface area contributed by atoms with Gasteiger partial charge < -0.3 is 5.11 Å². The predicted molar refractivity (Wildman–Crippen MR) is 105 cm³/mol. The molecular weight excluding hydrogens is 380 g/mol. The van der Waals surface area contributed by atoms with E-state index in [1.54, 1.807) is 54.6 Å². The Balaban J connectivity index is 2.09. The molecule has 28 heavy (non-hydrogen) atoms. The lowest BCUT2D eigenvalue weighted by atomic mass is 10.1. The van der Waals surface area contributed by atoms with Gasteiger partial charge in [0.2, 0.25) is 0 Å². The SMILES string of the molecule is O=[N+]([O-])c1ccccc1S(=O)(=O)N(Cc1ccc(CO)cc1)c1ccccc1. The number of para-hydroxylation sites is 2. The van der Waals surface area contributed by atoms with Crippen LogP contribution in [0.2, 0.25) is 0 Å². The normalized spacial score (nSPS) is 11.2. The third kappa shape index (κ3) is 4.03. The van der Waals surface area contributed by atoms with Crippen molar-refractivity contribution in [1.29, 1.82) is 0 Å². The fourth-order valence-corrected chi connectivity index (χ4v) is 4.38. The number of rotatable bonds is 7. The summed E-state index contributed by atoms with van der Waals surface area (Å²) < 4.78 is 27.9. The lowest BCUT2D eigenvalue weighted by Gasteiger charge is -2.24. The fraction of sp³-hybridized carbons (Fsp3) is 0.100. The average molecular weight is 398 g/mol. The molecule has 0 aliphatic rings. The van der Waals surface area contributed by atoms with Crippen LogP contribution in [0.5, 0.6) is 0 Å². The van der Waals surface area contributed by atoms with Gasteiger partial charge in [0.05, 0.1) is 23.8 Å². The minimum absolute atomic E-state index is 0.00982. The lowest BCUT2D eigenvalue weighted by Crippen LogP contribution is -2.31. The number of hydrogen-bond acceptors (Lipinski definition) is 5. The van der Waals surface area contributed by atoms with Crippen LogP contribution in [0.15, 0.2) is 83.8 Å². The Morgan fingerprint density at radius 3 is 2.04 bits per heavy atom. The number of nitro benzene ring substituents is 1. The molecule has 0 aliphatic carbocycles. The van der Waals surface area contributed by atoms with E-state index in [-0.39, 0.29) is 18.0 Å². The Morgan fingerprint density at radius 2 is 1.43 bits per heavy atom. The Hall–Kier alpha value is -3.23. The van der Waals surface area contributed by atoms with Crippen molar-refractivity contribution in [1.82, 2.24) is 0 Å². The van der Waals surface area contributed by atoms with Gasteiger partial charge in [-0.1, -0.05) is 54.6 Å². The molecule has 3 rings (SSSR count). The molecule has 7 nitrogen and oxygen atoms in total. The molecule has 0 unspecified atom stereocenters. The van der Waals surface area contributed by atoms with E-state index in [1.165, 1.54) is 24.3 Å². The summed E-state index contributed by atoms with van der Waals surface area (Å²) in [4.78, 5) is 10.3. The standard InChI is InChI=1S/C20H18N2O5S/c23-15-17-12-10-16(11-13-17)14-21(18-6-2-1-3-7-18)28(26,27)20-9-5-4-8-19(20)22(24)25/h1-13,23H,14-15H2. The highest BCUT2D eigenvalue weighted by atomic mass is 32.2. The Morgan fingerprint density at radius 1 is 0.857 bits per heavy atom. The summed E-state index contributed by atoms with van der Waals surface area (Å²) in [6.07, 6.45) is 0. The van der Waals surface area contributed by atoms with Crippen LogP contribution < -0.4 is 4.31 Å². The molecule has 3 aromatic rings. The van der Waals surface area contributed by atoms with Crippen molar-refractivity contribution in [2.75, 3.05) is 4.31 Å². The van der Waals surface area contributed by atoms with Crippen LogP contribution in [0.4, 0.5) is 11.4 Å². The van der Waals surface area contributed by atoms with Gasteiger partial charge in [-0.05, 0) is 29.3 Å². The van der Waals surface area contributed by atoms with Crippen LogP contribution in [0.1, 0.15) is 11.1 Å². The number of benzene rings is 3. The van der Waals surface area contributed by atoms with E-state index < -0.39 is 20.6 Å². The largest absolute Gasteiger partial charge is 0.392 e. The van der Waals surface area contributed by atoms with E-state index >= 15 is 0 Å². The third-order valence-electron chi connectivity index (χ3n) is 4.21. The molecule has 0 heterocycles. The maximum absolute atomic E-state index is 13.4. The summed E-state index contributed by atoms with van der Waals surface area (Å²) in [5, 5.41) is 20.5. The van der Waals surface area contributed by atoms with Gasteiger partial charge in [0.25, 0.3) is 15.7 Å². The van der Waals surface area contributed by atoms with Crippen molar-refractivity contribution in [3.63, 3.8) is 0 Å². The van der Waals surface area contributed by atoms with Gasteiger partial charge in [-0.2, -0.15) is 0 Å². The van der Waals surface area contributed by atoms with Crippen molar-refractivity contribution < 1.29 is 18.4 Å². The second-order valence-electron chi connectivity index (χ2n) is 6.05. The quantitative estimate of drug-likeness (QED) is 0.485. The van der Waals surface area contributed by atoms with Crippen LogP contribution >= 0.6 is 0 Å². The number of aliphatic hydroxyl groups excluding tert-OH is 1. The lowest BCUT2D eigenvalue weighted by molar-refractivity contribution is -0.387. The fourth-order valence-electron chi connectivity index (χ4n) is 2.77. The molecule has 0 aromatic heterocycles. The zero-order valence-electron chi connectivity index (χ0n) is 14.8. The molecule has 0 spiro atoms. The van der Waals surface area contributed by atoms with Crippen molar-refractivity contribution in [2.45, 2.75) is 18.0 Å². The zero-order valence-corrected chi connectivity index (χ0v) is 15.6. The van der Waals surface area contributed by atoms with E-state index in [4.69, 9.17) is 0 Å². The first-order valence-corrected chi connectivity index (χ1v) is 9.87. The monoisotopic (exact) mass is 398 g/mol. The molecule has 0 saturated carbocycles. The molecule has 0 bridgehead atoms. The van der Waals surface area contributed by atoms with Gasteiger partial charge in [-0.3, -0.25) is 14.4 Å². The summed E-state index contributed by atoms with van der Waals surface area (Å²) in [6, 6.07) is 20.6. The van der Waals surface area contributed by atoms with Crippen molar-refractivity contribution in [2.24, 2.45) is 0 Å². The number of anilines is 1. The Bertz CT molecular complexity index is 1070. The number of nitrogens with zero attached hydrogens (tertiary/aromatic N) is 2. The predicted octanol–water partition coefficient (Wildman–Crippen LogP) is 3.48. The van der Waals surface area contributed by atoms with E-state index in [1.807, 2.05) is 0 Å². The molecule has 8 heteroatoms. The van der Waals surface area contributed by atoms with Crippen molar-refractivity contribution in [3.8, 4) is 0 Å². The van der Waals surface area contributed by atoms with Gasteiger partial charge in [0, 0.05) is 6.07 Å². The maximum Gasteiger partial charge on any atom is 0.289 e. The van der Waals surface area contributed by atoms with Crippen LogP contribution in [0.25, 0.3) is 0 Å². The summed E-state index contributed by atoms with van der Waals surface area (Å²) in [6.45, 7) is -0.124. The van der Waals surface area contributed by atoms with Gasteiger partial charge in [-0.15, -0.1) is 0 Å². The van der Waals surface area contributed by atoms with Gasteiger partial charge >= 0.3 is 0 Å². The second-order valence-corrected chi connectivity index (χ2v) is 7.88. The molecule has 0 fully saturated rings. The molecule has 1 N–H and O–H groups in total. The van der Waals surface area contributed by atoms with Crippen LogP contribution in [-0.2, 0) is 23.2 Å². The topological polar surface area (TPSA) is 101 Å². The number of sulfonamides is 1. The van der Waals surface area contributed by atoms with E-state index in [9.17, 15) is 23.6 Å². The maximum atomic E-state index is 13.4. The van der Waals surface area contributed by atoms with Gasteiger partial charge in [-0.25, -0.2) is 8.42 Å². The zero-order chi connectivity index (χ0) is 20.1. The molecule has 144 valence electrons. The molecular formula is C20H18N2O5S. The smallest absolute Gasteiger partial charge is 0.289 e. The Labute approximate surface area is 162 Å². The van der Waals surface area contributed by atoms with Gasteiger partial charge in [0.1, 0.15) is 0 Å². The second kappa shape index (κ2) is 8.20. The van der Waals surface area contributed by atoms with E-state index in [0.29, 0.717) is 16.8 Å². The average Bonchev–Trinajstić information content (AvgIpc) is 2.73. The first-order valence-electron chi connectivity index (χ1n) is 8.43. The molecule has 0 radical (unpaired) electrons. The molecule has 3 aromatic carbocycles. The van der Waals surface area contributed by atoms with Crippen LogP contribution in [0.3, 0.4) is 0 Å². The van der Waals surface area contributed by atoms with Gasteiger partial charge in [0.15, 0.2) is 4.90 Å². The minimum Gasteiger partial charge on any atom is -0.392 e. The summed E-state index contributed by atoms with van der Waals surface area (Å²) in [7, 11) is -4.20. The summed E-state index contributed by atoms with van der Waals surface area (Å²) >= 11 is 0. The summed E-state index contributed by atoms with van der Waals surface area (Å²) in [5.41, 5.74) is 1.31. The van der Waals surface area contributed by atoms with Crippen LogP contribution in [-0.4, -0.2) is 18.4 Å². The number of aliphatic hydroxyl groups is 1. The Kier molecular flexibility index (Phi) is 5.72. The van der Waals surface area contributed by atoms with E-state index in [2.05, 4.69) is 0 Å². The summed E-state index contributed by atoms with van der Waals surface area (Å²) in [5.74, 6) is 0. The highest BCUT2D eigenvalue weighted by Gasteiger charge is 2.31. The van der Waals surface area contributed by atoms with Crippen LogP contribution in [0, 0.1) is 10.1 Å². The third-order valence-corrected chi connectivity index (χ3v) is 6.03. The molecule has 0 amide bonds. The first-order chi connectivity index (χ1) is 13.4. The number of hydrogen-bond donors (Lipinski definition) is 1. The first kappa shape index (κ1) is 19.5.